The Morgan fingerprint density at radius 3 is 2.40 bits per heavy atom. The number of hydrogen-bond acceptors (Lipinski definition) is 4. The van der Waals surface area contributed by atoms with E-state index in [1.807, 2.05) is 0 Å². The van der Waals surface area contributed by atoms with Crippen molar-refractivity contribution in [1.82, 2.24) is 19.6 Å². The van der Waals surface area contributed by atoms with Crippen molar-refractivity contribution in [2.75, 3.05) is 38.5 Å². The normalized spacial score (nSPS) is 17.5. The summed E-state index contributed by atoms with van der Waals surface area (Å²) in [6.45, 7) is -0.0477. The molecule has 0 radical (unpaired) electrons. The molecule has 6 nitrogen and oxygen atoms in total. The summed E-state index contributed by atoms with van der Waals surface area (Å²) in [5.74, 6) is -0.297. The Morgan fingerprint density at radius 2 is 1.95 bits per heavy atom. The highest BCUT2D eigenvalue weighted by atomic mass is 19.4. The molecule has 0 spiro atoms. The van der Waals surface area contributed by atoms with Crippen molar-refractivity contribution in [3.05, 3.63) is 11.9 Å². The molecule has 20 heavy (non-hydrogen) atoms. The summed E-state index contributed by atoms with van der Waals surface area (Å²) >= 11 is 0. The maximum absolute atomic E-state index is 12.3. The van der Waals surface area contributed by atoms with Gasteiger partial charge in [0, 0.05) is 33.2 Å². The number of amides is 1. The van der Waals surface area contributed by atoms with Crippen LogP contribution in [-0.2, 0) is 7.05 Å². The highest BCUT2D eigenvalue weighted by molar-refractivity contribution is 5.97. The van der Waals surface area contributed by atoms with Crippen LogP contribution in [0.25, 0.3) is 0 Å². The number of aryl methyl sites for hydroxylation is 1. The standard InChI is InChI=1S/C11H16F3N5O/c1-17-9(8(15)6-16-17)10(20)19-4-2-18(3-5-19)7-11(12,13)14/h6H,2-5,7,15H2,1H3. The topological polar surface area (TPSA) is 67.4 Å². The summed E-state index contributed by atoms with van der Waals surface area (Å²) in [6.07, 6.45) is -2.83. The molecule has 1 saturated heterocycles. The molecule has 9 heteroatoms. The molecule has 2 N–H and O–H groups in total. The van der Waals surface area contributed by atoms with Crippen molar-refractivity contribution in [1.29, 1.82) is 0 Å². The van der Waals surface area contributed by atoms with Crippen LogP contribution in [-0.4, -0.2) is 64.4 Å². The van der Waals surface area contributed by atoms with Gasteiger partial charge in [-0.2, -0.15) is 18.3 Å². The van der Waals surface area contributed by atoms with Crippen LogP contribution in [0.5, 0.6) is 0 Å². The predicted molar refractivity (Wildman–Crippen MR) is 66.0 cm³/mol. The fourth-order valence-electron chi connectivity index (χ4n) is 2.23. The van der Waals surface area contributed by atoms with E-state index in [1.165, 1.54) is 20.7 Å². The van der Waals surface area contributed by atoms with Crippen LogP contribution in [0.2, 0.25) is 0 Å². The zero-order valence-corrected chi connectivity index (χ0v) is 11.0. The number of rotatable bonds is 2. The number of alkyl halides is 3. The molecule has 2 rings (SSSR count). The van der Waals surface area contributed by atoms with E-state index in [9.17, 15) is 18.0 Å². The molecule has 0 saturated carbocycles. The van der Waals surface area contributed by atoms with Crippen LogP contribution in [0.4, 0.5) is 18.9 Å². The van der Waals surface area contributed by atoms with Gasteiger partial charge in [0.2, 0.25) is 0 Å². The van der Waals surface area contributed by atoms with E-state index >= 15 is 0 Å². The average molecular weight is 291 g/mol. The largest absolute Gasteiger partial charge is 0.401 e. The third-order valence-corrected chi connectivity index (χ3v) is 3.23. The summed E-state index contributed by atoms with van der Waals surface area (Å²) < 4.78 is 38.2. The summed E-state index contributed by atoms with van der Waals surface area (Å²) in [4.78, 5) is 15.0. The smallest absolute Gasteiger partial charge is 0.396 e. The number of nitrogen functional groups attached to an aromatic ring is 1. The Kier molecular flexibility index (Phi) is 3.89. The maximum atomic E-state index is 12.3. The van der Waals surface area contributed by atoms with Gasteiger partial charge in [-0.3, -0.25) is 14.4 Å². The summed E-state index contributed by atoms with van der Waals surface area (Å²) in [5.41, 5.74) is 6.22. The highest BCUT2D eigenvalue weighted by Gasteiger charge is 2.33. The minimum absolute atomic E-state index is 0.197. The van der Waals surface area contributed by atoms with Crippen molar-refractivity contribution in [2.24, 2.45) is 7.05 Å². The van der Waals surface area contributed by atoms with Crippen molar-refractivity contribution < 1.29 is 18.0 Å². The lowest BCUT2D eigenvalue weighted by molar-refractivity contribution is -0.148. The number of halogens is 3. The number of carbonyl (C=O) groups excluding carboxylic acids is 1. The van der Waals surface area contributed by atoms with E-state index < -0.39 is 12.7 Å². The van der Waals surface area contributed by atoms with E-state index in [0.717, 1.165) is 0 Å². The van der Waals surface area contributed by atoms with Crippen molar-refractivity contribution in [2.45, 2.75) is 6.18 Å². The quantitative estimate of drug-likeness (QED) is 0.852. The predicted octanol–water partition coefficient (Wildman–Crippen LogP) is 0.322. The SMILES string of the molecule is Cn1ncc(N)c1C(=O)N1CCN(CC(F)(F)F)CC1. The van der Waals surface area contributed by atoms with Gasteiger partial charge in [0.1, 0.15) is 5.69 Å². The second-order valence-electron chi connectivity index (χ2n) is 4.76. The minimum Gasteiger partial charge on any atom is -0.396 e. The number of aromatic nitrogens is 2. The first-order valence-electron chi connectivity index (χ1n) is 6.14. The van der Waals surface area contributed by atoms with Gasteiger partial charge in [-0.25, -0.2) is 0 Å². The van der Waals surface area contributed by atoms with E-state index in [-0.39, 0.29) is 43.5 Å². The van der Waals surface area contributed by atoms with Crippen LogP contribution >= 0.6 is 0 Å². The fraction of sp³-hybridized carbons (Fsp3) is 0.636. The molecular weight excluding hydrogens is 275 g/mol. The number of hydrogen-bond donors (Lipinski definition) is 1. The number of nitrogens with two attached hydrogens (primary N) is 1. The lowest BCUT2D eigenvalue weighted by Gasteiger charge is -2.34. The van der Waals surface area contributed by atoms with Gasteiger partial charge in [-0.1, -0.05) is 0 Å². The molecule has 2 heterocycles. The Labute approximate surface area is 113 Å². The molecule has 0 unspecified atom stereocenters. The van der Waals surface area contributed by atoms with Crippen molar-refractivity contribution >= 4 is 11.6 Å². The molecule has 1 aliphatic rings. The Balaban J connectivity index is 1.96. The van der Waals surface area contributed by atoms with Gasteiger partial charge in [0.25, 0.3) is 5.91 Å². The second-order valence-corrected chi connectivity index (χ2v) is 4.76. The van der Waals surface area contributed by atoms with Gasteiger partial charge in [-0.05, 0) is 0 Å². The first-order chi connectivity index (χ1) is 9.28. The molecule has 1 aromatic heterocycles. The molecule has 1 amide bonds. The van der Waals surface area contributed by atoms with E-state index in [1.54, 1.807) is 7.05 Å². The van der Waals surface area contributed by atoms with Crippen LogP contribution in [0, 0.1) is 0 Å². The zero-order chi connectivity index (χ0) is 14.9. The van der Waals surface area contributed by atoms with Crippen LogP contribution < -0.4 is 5.73 Å². The third-order valence-electron chi connectivity index (χ3n) is 3.23. The molecule has 1 fully saturated rings. The fourth-order valence-corrected chi connectivity index (χ4v) is 2.23. The number of piperazine rings is 1. The van der Waals surface area contributed by atoms with Crippen LogP contribution in [0.15, 0.2) is 6.20 Å². The number of anilines is 1. The molecule has 0 bridgehead atoms. The highest BCUT2D eigenvalue weighted by Crippen LogP contribution is 2.19. The van der Waals surface area contributed by atoms with E-state index in [4.69, 9.17) is 5.73 Å². The van der Waals surface area contributed by atoms with Gasteiger partial charge < -0.3 is 10.6 Å². The van der Waals surface area contributed by atoms with Gasteiger partial charge in [-0.15, -0.1) is 0 Å². The third kappa shape index (κ3) is 3.21. The molecule has 0 aromatic carbocycles. The molecule has 112 valence electrons. The first-order valence-corrected chi connectivity index (χ1v) is 6.14. The molecule has 1 aliphatic heterocycles. The molecule has 0 aliphatic carbocycles. The summed E-state index contributed by atoms with van der Waals surface area (Å²) in [7, 11) is 1.60. The van der Waals surface area contributed by atoms with Crippen molar-refractivity contribution in [3.8, 4) is 0 Å². The zero-order valence-electron chi connectivity index (χ0n) is 11.0. The minimum atomic E-state index is -4.21. The van der Waals surface area contributed by atoms with Gasteiger partial charge in [0.15, 0.2) is 0 Å². The Bertz CT molecular complexity index is 471. The van der Waals surface area contributed by atoms with Gasteiger partial charge in [0.05, 0.1) is 18.4 Å². The lowest BCUT2D eigenvalue weighted by atomic mass is 10.2. The van der Waals surface area contributed by atoms with Crippen LogP contribution in [0.3, 0.4) is 0 Å². The monoisotopic (exact) mass is 291 g/mol. The lowest BCUT2D eigenvalue weighted by Crippen LogP contribution is -2.51. The average Bonchev–Trinajstić information content (AvgIpc) is 2.67. The summed E-state index contributed by atoms with van der Waals surface area (Å²) in [5, 5.41) is 3.88. The number of carbonyl (C=O) groups is 1. The van der Waals surface area contributed by atoms with E-state index in [2.05, 4.69) is 5.10 Å². The molecule has 1 aromatic rings. The Hall–Kier alpha value is -1.77. The van der Waals surface area contributed by atoms with Crippen molar-refractivity contribution in [3.63, 3.8) is 0 Å². The molecule has 0 atom stereocenters. The first kappa shape index (κ1) is 14.6. The molecular formula is C11H16F3N5O. The number of nitrogens with zero attached hydrogens (tertiary/aromatic N) is 4. The van der Waals surface area contributed by atoms with E-state index in [0.29, 0.717) is 0 Å². The van der Waals surface area contributed by atoms with Gasteiger partial charge >= 0.3 is 6.18 Å². The summed E-state index contributed by atoms with van der Waals surface area (Å²) in [6, 6.07) is 0. The maximum Gasteiger partial charge on any atom is 0.401 e. The Morgan fingerprint density at radius 1 is 1.35 bits per heavy atom. The second kappa shape index (κ2) is 5.31. The van der Waals surface area contributed by atoms with Crippen LogP contribution in [0.1, 0.15) is 10.5 Å².